The van der Waals surface area contributed by atoms with Gasteiger partial charge in [0.15, 0.2) is 0 Å². The molecule has 0 aliphatic heterocycles. The van der Waals surface area contributed by atoms with Crippen LogP contribution in [0.15, 0.2) is 48.5 Å². The van der Waals surface area contributed by atoms with Gasteiger partial charge < -0.3 is 15.0 Å². The molecule has 10 heteroatoms. The van der Waals surface area contributed by atoms with Crippen LogP contribution in [0, 0.1) is 5.82 Å². The lowest BCUT2D eigenvalue weighted by Crippen LogP contribution is -2.51. The number of nitrogens with one attached hydrogen (secondary N) is 1. The summed E-state index contributed by atoms with van der Waals surface area (Å²) in [5.41, 5.74) is 0.477. The summed E-state index contributed by atoms with van der Waals surface area (Å²) < 4.78 is 45.2. The van der Waals surface area contributed by atoms with Crippen LogP contribution < -0.4 is 14.4 Å². The molecule has 0 aliphatic rings. The number of hydrogen-bond donors (Lipinski definition) is 1. The van der Waals surface area contributed by atoms with E-state index in [9.17, 15) is 22.4 Å². The fraction of sp³-hybridized carbons (Fsp3) is 0.364. The van der Waals surface area contributed by atoms with Gasteiger partial charge in [-0.3, -0.25) is 13.9 Å². The minimum Gasteiger partial charge on any atom is -0.497 e. The van der Waals surface area contributed by atoms with E-state index in [1.54, 1.807) is 25.1 Å². The molecule has 32 heavy (non-hydrogen) atoms. The molecule has 0 saturated heterocycles. The molecule has 0 aromatic heterocycles. The molecule has 0 bridgehead atoms. The largest absolute Gasteiger partial charge is 0.497 e. The number of hydrogen-bond acceptors (Lipinski definition) is 5. The normalized spacial score (nSPS) is 12.0. The first-order chi connectivity index (χ1) is 15.1. The topological polar surface area (TPSA) is 96.0 Å². The lowest BCUT2D eigenvalue weighted by molar-refractivity contribution is -0.139. The number of ether oxygens (including phenoxy) is 1. The first kappa shape index (κ1) is 25.1. The molecule has 2 aromatic carbocycles. The van der Waals surface area contributed by atoms with Crippen molar-refractivity contribution >= 4 is 27.5 Å². The molecule has 2 aromatic rings. The number of amides is 2. The van der Waals surface area contributed by atoms with Gasteiger partial charge in [0, 0.05) is 18.7 Å². The van der Waals surface area contributed by atoms with E-state index in [4.69, 9.17) is 4.74 Å². The van der Waals surface area contributed by atoms with Crippen molar-refractivity contribution in [1.29, 1.82) is 0 Å². The molecule has 0 fully saturated rings. The van der Waals surface area contributed by atoms with Crippen molar-refractivity contribution in [2.75, 3.05) is 30.8 Å². The lowest BCUT2D eigenvalue weighted by Gasteiger charge is -2.31. The number of sulfonamides is 1. The SMILES string of the molecule is CCNC(=O)[C@H](C)N(Cc1ccccc1F)C(=O)CN(c1ccc(OC)cc1)S(C)(=O)=O. The Kier molecular flexibility index (Phi) is 8.59. The Hall–Kier alpha value is -3.14. The number of carbonyl (C=O) groups is 2. The van der Waals surface area contributed by atoms with Crippen LogP contribution in [0.3, 0.4) is 0 Å². The monoisotopic (exact) mass is 465 g/mol. The first-order valence-electron chi connectivity index (χ1n) is 10.0. The molecule has 0 spiro atoms. The van der Waals surface area contributed by atoms with Gasteiger partial charge >= 0.3 is 0 Å². The van der Waals surface area contributed by atoms with E-state index in [0.717, 1.165) is 10.6 Å². The zero-order chi connectivity index (χ0) is 23.9. The van der Waals surface area contributed by atoms with Crippen LogP contribution in [0.25, 0.3) is 0 Å². The maximum absolute atomic E-state index is 14.3. The van der Waals surface area contributed by atoms with Crippen molar-refractivity contribution in [3.63, 3.8) is 0 Å². The Labute approximate surface area is 188 Å². The van der Waals surface area contributed by atoms with Gasteiger partial charge in [0.05, 0.1) is 19.1 Å². The summed E-state index contributed by atoms with van der Waals surface area (Å²) in [5.74, 6) is -1.07. The fourth-order valence-electron chi connectivity index (χ4n) is 3.08. The third kappa shape index (κ3) is 6.43. The number of methoxy groups -OCH3 is 1. The Balaban J connectivity index is 2.38. The molecule has 2 amide bonds. The molecular formula is C22H28FN3O5S. The number of carbonyl (C=O) groups excluding carboxylic acids is 2. The highest BCUT2D eigenvalue weighted by Crippen LogP contribution is 2.22. The average Bonchev–Trinajstić information content (AvgIpc) is 2.75. The number of likely N-dealkylation sites (N-methyl/N-ethyl adjacent to an activating group) is 1. The minimum absolute atomic E-state index is 0.190. The molecule has 0 unspecified atom stereocenters. The van der Waals surface area contributed by atoms with Crippen molar-refractivity contribution in [3.8, 4) is 5.75 Å². The predicted octanol–water partition coefficient (Wildman–Crippen LogP) is 2.15. The number of nitrogens with zero attached hydrogens (tertiary/aromatic N) is 2. The molecule has 174 valence electrons. The lowest BCUT2D eigenvalue weighted by atomic mass is 10.1. The van der Waals surface area contributed by atoms with E-state index in [1.807, 2.05) is 0 Å². The molecule has 0 aliphatic carbocycles. The number of anilines is 1. The summed E-state index contributed by atoms with van der Waals surface area (Å²) in [6, 6.07) is 11.2. The van der Waals surface area contributed by atoms with Crippen LogP contribution in [0.4, 0.5) is 10.1 Å². The smallest absolute Gasteiger partial charge is 0.244 e. The fourth-order valence-corrected chi connectivity index (χ4v) is 3.93. The van der Waals surface area contributed by atoms with Crippen molar-refractivity contribution in [2.45, 2.75) is 26.4 Å². The maximum Gasteiger partial charge on any atom is 0.244 e. The highest BCUT2D eigenvalue weighted by atomic mass is 32.2. The molecule has 1 N–H and O–H groups in total. The van der Waals surface area contributed by atoms with Gasteiger partial charge in [-0.2, -0.15) is 0 Å². The second-order valence-electron chi connectivity index (χ2n) is 7.15. The Morgan fingerprint density at radius 3 is 2.28 bits per heavy atom. The van der Waals surface area contributed by atoms with Crippen LogP contribution in [-0.2, 0) is 26.2 Å². The third-order valence-corrected chi connectivity index (χ3v) is 6.00. The van der Waals surface area contributed by atoms with E-state index in [0.29, 0.717) is 12.3 Å². The van der Waals surface area contributed by atoms with Gasteiger partial charge in [-0.1, -0.05) is 18.2 Å². The van der Waals surface area contributed by atoms with Crippen LogP contribution in [-0.4, -0.2) is 57.6 Å². The number of halogens is 1. The number of benzene rings is 2. The van der Waals surface area contributed by atoms with Crippen molar-refractivity contribution in [3.05, 3.63) is 59.9 Å². The molecular weight excluding hydrogens is 437 g/mol. The van der Waals surface area contributed by atoms with Gasteiger partial charge in [0.25, 0.3) is 0 Å². The Morgan fingerprint density at radius 2 is 1.75 bits per heavy atom. The van der Waals surface area contributed by atoms with Crippen LogP contribution >= 0.6 is 0 Å². The minimum atomic E-state index is -3.83. The zero-order valence-electron chi connectivity index (χ0n) is 18.5. The highest BCUT2D eigenvalue weighted by molar-refractivity contribution is 7.92. The summed E-state index contributed by atoms with van der Waals surface area (Å²) in [4.78, 5) is 26.9. The summed E-state index contributed by atoms with van der Waals surface area (Å²) in [6.07, 6.45) is 0.985. The summed E-state index contributed by atoms with van der Waals surface area (Å²) in [7, 11) is -2.35. The van der Waals surface area contributed by atoms with E-state index >= 15 is 0 Å². The van der Waals surface area contributed by atoms with Crippen LogP contribution in [0.5, 0.6) is 5.75 Å². The Morgan fingerprint density at radius 1 is 1.12 bits per heavy atom. The van der Waals surface area contributed by atoms with Crippen LogP contribution in [0.2, 0.25) is 0 Å². The van der Waals surface area contributed by atoms with E-state index in [1.165, 1.54) is 49.3 Å². The summed E-state index contributed by atoms with van der Waals surface area (Å²) in [5, 5.41) is 2.64. The summed E-state index contributed by atoms with van der Waals surface area (Å²) in [6.45, 7) is 2.87. The van der Waals surface area contributed by atoms with E-state index < -0.39 is 40.2 Å². The molecule has 1 atom stereocenters. The van der Waals surface area contributed by atoms with Crippen molar-refractivity contribution in [2.24, 2.45) is 0 Å². The van der Waals surface area contributed by atoms with E-state index in [-0.39, 0.29) is 17.8 Å². The predicted molar refractivity (Wildman–Crippen MR) is 120 cm³/mol. The molecule has 8 nitrogen and oxygen atoms in total. The summed E-state index contributed by atoms with van der Waals surface area (Å²) >= 11 is 0. The average molecular weight is 466 g/mol. The Bertz CT molecular complexity index is 1040. The quantitative estimate of drug-likeness (QED) is 0.580. The van der Waals surface area contributed by atoms with Gasteiger partial charge in [-0.25, -0.2) is 12.8 Å². The van der Waals surface area contributed by atoms with Crippen molar-refractivity contribution in [1.82, 2.24) is 10.2 Å². The van der Waals surface area contributed by atoms with Gasteiger partial charge in [-0.15, -0.1) is 0 Å². The standard InChI is InChI=1S/C22H28FN3O5S/c1-5-24-22(28)16(2)25(14-17-8-6-7-9-20(17)23)21(27)15-26(32(4,29)30)18-10-12-19(31-3)13-11-18/h6-13,16H,5,14-15H2,1-4H3,(H,24,28)/t16-/m0/s1. The second kappa shape index (κ2) is 10.9. The molecule has 0 radical (unpaired) electrons. The zero-order valence-corrected chi connectivity index (χ0v) is 19.4. The second-order valence-corrected chi connectivity index (χ2v) is 9.06. The van der Waals surface area contributed by atoms with Gasteiger partial charge in [0.1, 0.15) is 24.2 Å². The maximum atomic E-state index is 14.3. The van der Waals surface area contributed by atoms with Gasteiger partial charge in [0.2, 0.25) is 21.8 Å². The third-order valence-electron chi connectivity index (χ3n) is 4.86. The highest BCUT2D eigenvalue weighted by Gasteiger charge is 2.30. The van der Waals surface area contributed by atoms with Crippen molar-refractivity contribution < 1.29 is 27.1 Å². The molecule has 0 saturated carbocycles. The first-order valence-corrected chi connectivity index (χ1v) is 11.9. The number of rotatable bonds is 10. The van der Waals surface area contributed by atoms with E-state index in [2.05, 4.69) is 5.32 Å². The molecule has 2 rings (SSSR count). The van der Waals surface area contributed by atoms with Gasteiger partial charge in [-0.05, 0) is 44.2 Å². The molecule has 0 heterocycles. The van der Waals surface area contributed by atoms with Crippen LogP contribution in [0.1, 0.15) is 19.4 Å².